The summed E-state index contributed by atoms with van der Waals surface area (Å²) in [6.45, 7) is 1.86. The summed E-state index contributed by atoms with van der Waals surface area (Å²) in [5.74, 6) is -2.27. The van der Waals surface area contributed by atoms with E-state index in [9.17, 15) is 31.4 Å². The summed E-state index contributed by atoms with van der Waals surface area (Å²) in [7, 11) is 0. The summed E-state index contributed by atoms with van der Waals surface area (Å²) in [6.07, 6.45) is -10.4. The van der Waals surface area contributed by atoms with Gasteiger partial charge in [0.1, 0.15) is 0 Å². The molecule has 5 atom stereocenters. The quantitative estimate of drug-likeness (QED) is 0.732. The van der Waals surface area contributed by atoms with E-state index in [2.05, 4.69) is 0 Å². The Labute approximate surface area is 106 Å². The van der Waals surface area contributed by atoms with Gasteiger partial charge in [-0.3, -0.25) is 0 Å². The molecule has 0 aromatic carbocycles. The monoisotopic (exact) mass is 288 g/mol. The van der Waals surface area contributed by atoms with Crippen LogP contribution in [0.3, 0.4) is 0 Å². The highest BCUT2D eigenvalue weighted by Crippen LogP contribution is 2.81. The van der Waals surface area contributed by atoms with E-state index >= 15 is 0 Å². The minimum Gasteiger partial charge on any atom is -0.373 e. The topological polar surface area (TPSA) is 20.2 Å². The first-order valence-corrected chi connectivity index (χ1v) is 6.31. The zero-order chi connectivity index (χ0) is 14.4. The zero-order valence-corrected chi connectivity index (χ0v) is 10.1. The fraction of sp³-hybridized carbons (Fsp3) is 1.00. The third kappa shape index (κ3) is 1.37. The highest BCUT2D eigenvalue weighted by Gasteiger charge is 2.83. The lowest BCUT2D eigenvalue weighted by Gasteiger charge is -2.42. The van der Waals surface area contributed by atoms with Crippen molar-refractivity contribution in [2.75, 3.05) is 0 Å². The molecule has 110 valence electrons. The molecule has 1 spiro atoms. The maximum absolute atomic E-state index is 12.8. The molecule has 3 aliphatic rings. The molecule has 1 nitrogen and oxygen atoms in total. The first-order valence-electron chi connectivity index (χ1n) is 6.31. The number of alkyl halides is 6. The molecule has 3 fully saturated rings. The first-order chi connectivity index (χ1) is 8.45. The van der Waals surface area contributed by atoms with Crippen molar-refractivity contribution in [3.8, 4) is 0 Å². The Kier molecular flexibility index (Phi) is 2.30. The largest absolute Gasteiger partial charge is 0.426 e. The minimum absolute atomic E-state index is 0.0845. The van der Waals surface area contributed by atoms with Gasteiger partial charge in [-0.2, -0.15) is 26.3 Å². The average molecular weight is 288 g/mol. The number of hydrogen-bond acceptors (Lipinski definition) is 1. The van der Waals surface area contributed by atoms with Crippen LogP contribution in [-0.2, 0) is 0 Å². The second-order valence-corrected chi connectivity index (χ2v) is 6.44. The molecule has 0 heterocycles. The van der Waals surface area contributed by atoms with Crippen molar-refractivity contribution in [2.24, 2.45) is 29.1 Å². The molecule has 19 heavy (non-hydrogen) atoms. The summed E-state index contributed by atoms with van der Waals surface area (Å²) in [6, 6.07) is 0. The molecular weight excluding hydrogens is 274 g/mol. The van der Waals surface area contributed by atoms with Crippen LogP contribution in [0.5, 0.6) is 0 Å². The van der Waals surface area contributed by atoms with E-state index in [1.165, 1.54) is 0 Å². The second-order valence-electron chi connectivity index (χ2n) is 6.44. The summed E-state index contributed by atoms with van der Waals surface area (Å²) < 4.78 is 77.1. The zero-order valence-electron chi connectivity index (χ0n) is 10.1. The van der Waals surface area contributed by atoms with E-state index in [0.29, 0.717) is 12.8 Å². The lowest BCUT2D eigenvalue weighted by Crippen LogP contribution is -2.62. The van der Waals surface area contributed by atoms with Gasteiger partial charge in [0.25, 0.3) is 5.60 Å². The fourth-order valence-electron chi connectivity index (χ4n) is 4.80. The summed E-state index contributed by atoms with van der Waals surface area (Å²) >= 11 is 0. The molecule has 0 radical (unpaired) electrons. The number of halogens is 6. The van der Waals surface area contributed by atoms with E-state index in [1.54, 1.807) is 0 Å². The van der Waals surface area contributed by atoms with Crippen molar-refractivity contribution < 1.29 is 31.4 Å². The van der Waals surface area contributed by atoms with Gasteiger partial charge in [-0.1, -0.05) is 6.92 Å². The van der Waals surface area contributed by atoms with Crippen molar-refractivity contribution in [1.29, 1.82) is 0 Å². The summed E-state index contributed by atoms with van der Waals surface area (Å²) in [5.41, 5.74) is -4.88. The lowest BCUT2D eigenvalue weighted by molar-refractivity contribution is -0.386. The number of aliphatic hydroxyl groups is 1. The molecular formula is C12H14F6O. The van der Waals surface area contributed by atoms with Gasteiger partial charge < -0.3 is 5.11 Å². The Bertz CT molecular complexity index is 399. The maximum Gasteiger partial charge on any atom is 0.426 e. The predicted molar refractivity (Wildman–Crippen MR) is 53.0 cm³/mol. The number of hydrogen-bond donors (Lipinski definition) is 1. The predicted octanol–water partition coefficient (Wildman–Crippen LogP) is 3.52. The van der Waals surface area contributed by atoms with Gasteiger partial charge in [0.15, 0.2) is 0 Å². The Balaban J connectivity index is 1.96. The Morgan fingerprint density at radius 3 is 1.84 bits per heavy atom. The average Bonchev–Trinajstić information content (AvgIpc) is 2.86. The van der Waals surface area contributed by atoms with Gasteiger partial charge in [0.05, 0.1) is 0 Å². The van der Waals surface area contributed by atoms with Crippen molar-refractivity contribution >= 4 is 0 Å². The van der Waals surface area contributed by atoms with Gasteiger partial charge in [0.2, 0.25) is 0 Å². The van der Waals surface area contributed by atoms with Crippen molar-refractivity contribution in [2.45, 2.75) is 44.1 Å². The fourth-order valence-corrected chi connectivity index (χ4v) is 4.80. The molecule has 1 N–H and O–H groups in total. The van der Waals surface area contributed by atoms with Crippen molar-refractivity contribution in [3.63, 3.8) is 0 Å². The van der Waals surface area contributed by atoms with Crippen LogP contribution in [0.2, 0.25) is 0 Å². The summed E-state index contributed by atoms with van der Waals surface area (Å²) in [5, 5.41) is 9.48. The molecule has 0 aliphatic heterocycles. The van der Waals surface area contributed by atoms with Gasteiger partial charge in [-0.25, -0.2) is 0 Å². The van der Waals surface area contributed by atoms with Crippen LogP contribution in [-0.4, -0.2) is 23.1 Å². The smallest absolute Gasteiger partial charge is 0.373 e. The minimum atomic E-state index is -5.67. The third-order valence-corrected chi connectivity index (χ3v) is 5.70. The summed E-state index contributed by atoms with van der Waals surface area (Å²) in [4.78, 5) is 0. The van der Waals surface area contributed by atoms with Gasteiger partial charge >= 0.3 is 12.4 Å². The highest BCUT2D eigenvalue weighted by atomic mass is 19.4. The SMILES string of the molecule is CC1CC23CC2C(C(O)(C(F)(F)F)C(F)(F)F)CC13. The first kappa shape index (κ1) is 13.5. The van der Waals surface area contributed by atoms with Gasteiger partial charge in [-0.05, 0) is 42.4 Å². The van der Waals surface area contributed by atoms with E-state index in [1.807, 2.05) is 6.92 Å². The molecule has 3 saturated carbocycles. The molecule has 0 amide bonds. The van der Waals surface area contributed by atoms with E-state index in [4.69, 9.17) is 0 Å². The highest BCUT2D eigenvalue weighted by molar-refractivity contribution is 5.25. The molecule has 0 saturated heterocycles. The molecule has 3 aliphatic carbocycles. The van der Waals surface area contributed by atoms with E-state index in [0.717, 1.165) is 0 Å². The molecule has 3 rings (SSSR count). The van der Waals surface area contributed by atoms with Crippen molar-refractivity contribution in [1.82, 2.24) is 0 Å². The van der Waals surface area contributed by atoms with E-state index < -0.39 is 29.8 Å². The Hall–Kier alpha value is -0.460. The van der Waals surface area contributed by atoms with E-state index in [-0.39, 0.29) is 23.7 Å². The van der Waals surface area contributed by atoms with Gasteiger partial charge in [-0.15, -0.1) is 0 Å². The third-order valence-electron chi connectivity index (χ3n) is 5.70. The normalized spacial score (nSPS) is 45.5. The van der Waals surface area contributed by atoms with Crippen LogP contribution in [0, 0.1) is 29.1 Å². The molecule has 0 aromatic heterocycles. The lowest BCUT2D eigenvalue weighted by atomic mass is 9.63. The Morgan fingerprint density at radius 2 is 1.47 bits per heavy atom. The van der Waals surface area contributed by atoms with Gasteiger partial charge in [0, 0.05) is 5.92 Å². The van der Waals surface area contributed by atoms with Crippen LogP contribution in [0.25, 0.3) is 0 Å². The second kappa shape index (κ2) is 3.23. The van der Waals surface area contributed by atoms with Crippen molar-refractivity contribution in [3.05, 3.63) is 0 Å². The van der Waals surface area contributed by atoms with Crippen LogP contribution < -0.4 is 0 Å². The van der Waals surface area contributed by atoms with Crippen LogP contribution >= 0.6 is 0 Å². The van der Waals surface area contributed by atoms with Crippen LogP contribution in [0.1, 0.15) is 26.2 Å². The van der Waals surface area contributed by atoms with Crippen LogP contribution in [0.4, 0.5) is 26.3 Å². The number of rotatable bonds is 1. The molecule has 0 bridgehead atoms. The molecule has 0 aromatic rings. The van der Waals surface area contributed by atoms with Crippen LogP contribution in [0.15, 0.2) is 0 Å². The maximum atomic E-state index is 12.8. The standard InChI is InChI=1S/C12H14F6O/c1-5-3-9-4-8(9)7(2-6(5)9)10(19,11(13,14)15)12(16,17)18/h5-8,19H,2-4H2,1H3. The molecule has 5 unspecified atom stereocenters. The molecule has 7 heteroatoms. The Morgan fingerprint density at radius 1 is 0.947 bits per heavy atom.